The van der Waals surface area contributed by atoms with E-state index < -0.39 is 0 Å². The second-order valence-electron chi connectivity index (χ2n) is 6.37. The fourth-order valence-corrected chi connectivity index (χ4v) is 3.57. The van der Waals surface area contributed by atoms with Crippen LogP contribution in [0.1, 0.15) is 30.6 Å². The topological polar surface area (TPSA) is 42.0 Å². The average Bonchev–Trinajstić information content (AvgIpc) is 2.94. The van der Waals surface area contributed by atoms with Crippen LogP contribution >= 0.6 is 0 Å². The smallest absolute Gasteiger partial charge is 0.254 e. The monoisotopic (exact) mass is 288 g/mol. The van der Waals surface area contributed by atoms with E-state index in [1.807, 2.05) is 12.1 Å². The lowest BCUT2D eigenvalue weighted by Gasteiger charge is -2.57. The molecule has 2 atom stereocenters. The van der Waals surface area contributed by atoms with Gasteiger partial charge in [-0.25, -0.2) is 0 Å². The maximum Gasteiger partial charge on any atom is 0.254 e. The highest BCUT2D eigenvalue weighted by molar-refractivity contribution is 5.96. The molecule has 5 nitrogen and oxygen atoms in total. The first kappa shape index (κ1) is 13.0. The number of carbonyl (C=O) groups is 1. The Labute approximate surface area is 124 Å². The highest BCUT2D eigenvalue weighted by Crippen LogP contribution is 2.37. The van der Waals surface area contributed by atoms with Gasteiger partial charge in [0.25, 0.3) is 5.91 Å². The maximum absolute atomic E-state index is 12.7. The van der Waals surface area contributed by atoms with Gasteiger partial charge < -0.3 is 14.4 Å². The first-order valence-corrected chi connectivity index (χ1v) is 7.60. The van der Waals surface area contributed by atoms with Crippen molar-refractivity contribution in [3.8, 4) is 11.5 Å². The zero-order chi connectivity index (χ0) is 14.6. The van der Waals surface area contributed by atoms with E-state index in [1.165, 1.54) is 0 Å². The molecule has 0 N–H and O–H groups in total. The zero-order valence-electron chi connectivity index (χ0n) is 12.4. The summed E-state index contributed by atoms with van der Waals surface area (Å²) in [7, 11) is 0. The number of amides is 1. The summed E-state index contributed by atoms with van der Waals surface area (Å²) in [6, 6.07) is 6.75. The Morgan fingerprint density at radius 1 is 1.19 bits per heavy atom. The van der Waals surface area contributed by atoms with Crippen LogP contribution in [-0.2, 0) is 0 Å². The highest BCUT2D eigenvalue weighted by Gasteiger charge is 2.47. The van der Waals surface area contributed by atoms with E-state index in [0.717, 1.165) is 25.3 Å². The van der Waals surface area contributed by atoms with Crippen molar-refractivity contribution in [1.82, 2.24) is 9.80 Å². The number of piperidine rings is 1. The van der Waals surface area contributed by atoms with Crippen LogP contribution in [0.4, 0.5) is 0 Å². The Bertz CT molecular complexity index is 575. The Balaban J connectivity index is 1.52. The minimum atomic E-state index is 0.123. The lowest BCUT2D eigenvalue weighted by atomic mass is 9.86. The molecule has 3 saturated heterocycles. The summed E-state index contributed by atoms with van der Waals surface area (Å²) < 4.78 is 10.7. The molecule has 5 rings (SSSR count). The molecule has 4 aliphatic heterocycles. The fourth-order valence-electron chi connectivity index (χ4n) is 3.57. The predicted molar refractivity (Wildman–Crippen MR) is 77.6 cm³/mol. The summed E-state index contributed by atoms with van der Waals surface area (Å²) in [4.78, 5) is 17.2. The van der Waals surface area contributed by atoms with Gasteiger partial charge in [0.2, 0.25) is 6.79 Å². The standard InChI is InChI=1S/C16H20N2O3/c1-10(2)17-7-12-6-13(8-17)18(12)16(19)11-3-4-14-15(5-11)21-9-20-14/h3-5,10,12-13H,6-9H2,1-2H3. The van der Waals surface area contributed by atoms with Crippen molar-refractivity contribution in [3.05, 3.63) is 23.8 Å². The third-order valence-corrected chi connectivity index (χ3v) is 4.81. The van der Waals surface area contributed by atoms with Crippen molar-refractivity contribution in [1.29, 1.82) is 0 Å². The normalized spacial score (nSPS) is 26.9. The number of carbonyl (C=O) groups excluding carboxylic acids is 1. The molecule has 21 heavy (non-hydrogen) atoms. The number of hydrogen-bond acceptors (Lipinski definition) is 4. The highest BCUT2D eigenvalue weighted by atomic mass is 16.7. The van der Waals surface area contributed by atoms with E-state index in [9.17, 15) is 4.79 Å². The first-order valence-electron chi connectivity index (χ1n) is 7.60. The molecule has 2 unspecified atom stereocenters. The molecule has 1 aromatic carbocycles. The molecule has 2 bridgehead atoms. The molecule has 0 aromatic heterocycles. The summed E-state index contributed by atoms with van der Waals surface area (Å²) >= 11 is 0. The molecule has 5 heteroatoms. The van der Waals surface area contributed by atoms with Gasteiger partial charge in [-0.1, -0.05) is 0 Å². The quantitative estimate of drug-likeness (QED) is 0.831. The molecule has 0 radical (unpaired) electrons. The van der Waals surface area contributed by atoms with Crippen molar-refractivity contribution in [2.75, 3.05) is 19.9 Å². The number of fused-ring (bicyclic) bond motifs is 3. The van der Waals surface area contributed by atoms with Gasteiger partial charge in [-0.05, 0) is 38.5 Å². The van der Waals surface area contributed by atoms with Crippen LogP contribution in [0.3, 0.4) is 0 Å². The number of rotatable bonds is 2. The minimum Gasteiger partial charge on any atom is -0.454 e. The van der Waals surface area contributed by atoms with Gasteiger partial charge in [-0.3, -0.25) is 9.69 Å². The second-order valence-corrected chi connectivity index (χ2v) is 6.37. The molecule has 4 aliphatic rings. The number of benzene rings is 1. The van der Waals surface area contributed by atoms with Crippen LogP contribution in [-0.4, -0.2) is 53.7 Å². The molecule has 112 valence electrons. The summed E-state index contributed by atoms with van der Waals surface area (Å²) in [6.07, 6.45) is 1.14. The minimum absolute atomic E-state index is 0.123. The molecular formula is C16H20N2O3. The van der Waals surface area contributed by atoms with Crippen molar-refractivity contribution < 1.29 is 14.3 Å². The Kier molecular flexibility index (Phi) is 2.85. The van der Waals surface area contributed by atoms with Gasteiger partial charge in [-0.2, -0.15) is 0 Å². The Hall–Kier alpha value is -1.75. The third kappa shape index (κ3) is 1.99. The van der Waals surface area contributed by atoms with Gasteiger partial charge in [0.05, 0.1) is 0 Å². The predicted octanol–water partition coefficient (Wildman–Crippen LogP) is 1.72. The number of piperazine rings is 1. The van der Waals surface area contributed by atoms with Gasteiger partial charge >= 0.3 is 0 Å². The van der Waals surface area contributed by atoms with E-state index in [2.05, 4.69) is 23.6 Å². The summed E-state index contributed by atoms with van der Waals surface area (Å²) in [5.74, 6) is 1.52. The molecular weight excluding hydrogens is 268 g/mol. The van der Waals surface area contributed by atoms with Crippen LogP contribution in [0, 0.1) is 0 Å². The van der Waals surface area contributed by atoms with Crippen molar-refractivity contribution in [3.63, 3.8) is 0 Å². The van der Waals surface area contributed by atoms with E-state index in [0.29, 0.717) is 29.4 Å². The first-order chi connectivity index (χ1) is 10.1. The van der Waals surface area contributed by atoms with E-state index in [1.54, 1.807) is 6.07 Å². The van der Waals surface area contributed by atoms with Crippen molar-refractivity contribution in [2.24, 2.45) is 0 Å². The van der Waals surface area contributed by atoms with Crippen LogP contribution in [0.25, 0.3) is 0 Å². The summed E-state index contributed by atoms with van der Waals surface area (Å²) in [6.45, 7) is 6.66. The Morgan fingerprint density at radius 3 is 2.62 bits per heavy atom. The summed E-state index contributed by atoms with van der Waals surface area (Å²) in [5, 5.41) is 0. The molecule has 0 aliphatic carbocycles. The van der Waals surface area contributed by atoms with E-state index in [4.69, 9.17) is 9.47 Å². The van der Waals surface area contributed by atoms with Crippen LogP contribution in [0.15, 0.2) is 18.2 Å². The number of ether oxygens (including phenoxy) is 2. The molecule has 4 heterocycles. The van der Waals surface area contributed by atoms with Crippen LogP contribution in [0.5, 0.6) is 11.5 Å². The maximum atomic E-state index is 12.7. The molecule has 3 fully saturated rings. The van der Waals surface area contributed by atoms with Crippen molar-refractivity contribution >= 4 is 5.91 Å². The molecule has 0 spiro atoms. The lowest BCUT2D eigenvalue weighted by molar-refractivity contribution is -0.0563. The SMILES string of the molecule is CC(C)N1CC2CC(C1)N2C(=O)c1ccc2c(c1)OCO2. The zero-order valence-corrected chi connectivity index (χ0v) is 12.4. The van der Waals surface area contributed by atoms with E-state index >= 15 is 0 Å². The number of nitrogens with zero attached hydrogens (tertiary/aromatic N) is 2. The third-order valence-electron chi connectivity index (χ3n) is 4.81. The molecule has 0 saturated carbocycles. The molecule has 1 aromatic rings. The largest absolute Gasteiger partial charge is 0.454 e. The van der Waals surface area contributed by atoms with Gasteiger partial charge in [0.1, 0.15) is 0 Å². The van der Waals surface area contributed by atoms with Crippen molar-refractivity contribution in [2.45, 2.75) is 38.4 Å². The fraction of sp³-hybridized carbons (Fsp3) is 0.562. The number of hydrogen-bond donors (Lipinski definition) is 0. The summed E-state index contributed by atoms with van der Waals surface area (Å²) in [5.41, 5.74) is 0.701. The van der Waals surface area contributed by atoms with Crippen LogP contribution < -0.4 is 9.47 Å². The van der Waals surface area contributed by atoms with E-state index in [-0.39, 0.29) is 12.7 Å². The molecule has 1 amide bonds. The second kappa shape index (κ2) is 4.63. The van der Waals surface area contributed by atoms with Gasteiger partial charge in [0, 0.05) is 36.8 Å². The van der Waals surface area contributed by atoms with Crippen LogP contribution in [0.2, 0.25) is 0 Å². The average molecular weight is 288 g/mol. The Morgan fingerprint density at radius 2 is 1.90 bits per heavy atom. The van der Waals surface area contributed by atoms with Gasteiger partial charge in [0.15, 0.2) is 11.5 Å². The van der Waals surface area contributed by atoms with Gasteiger partial charge in [-0.15, -0.1) is 0 Å². The lowest BCUT2D eigenvalue weighted by Crippen LogP contribution is -2.70.